The number of fused-ring (bicyclic) bond motifs is 1. The summed E-state index contributed by atoms with van der Waals surface area (Å²) in [5, 5.41) is 0. The zero-order valence-electron chi connectivity index (χ0n) is 6.38. The van der Waals surface area contributed by atoms with Crippen LogP contribution < -0.4 is 16.2 Å². The van der Waals surface area contributed by atoms with Gasteiger partial charge in [-0.1, -0.05) is 0 Å². The van der Waals surface area contributed by atoms with Crippen LogP contribution in [0.4, 0.5) is 10.1 Å². The third-order valence-electron chi connectivity index (χ3n) is 1.95. The number of halogens is 1. The molecule has 0 spiro atoms. The summed E-state index contributed by atoms with van der Waals surface area (Å²) in [6.45, 7) is 0.401. The molecule has 1 aromatic rings. The van der Waals surface area contributed by atoms with Crippen LogP contribution in [0.15, 0.2) is 12.1 Å². The summed E-state index contributed by atoms with van der Waals surface area (Å²) < 4.78 is 18.0. The topological polar surface area (TPSA) is 61.3 Å². The van der Waals surface area contributed by atoms with Crippen molar-refractivity contribution in [2.24, 2.45) is 5.73 Å². The quantitative estimate of drug-likeness (QED) is 0.563. The van der Waals surface area contributed by atoms with Crippen LogP contribution in [0.3, 0.4) is 0 Å². The van der Waals surface area contributed by atoms with Crippen molar-refractivity contribution in [3.63, 3.8) is 0 Å². The maximum absolute atomic E-state index is 12.9. The van der Waals surface area contributed by atoms with Gasteiger partial charge in [0.2, 0.25) is 0 Å². The Morgan fingerprint density at radius 1 is 1.50 bits per heavy atom. The summed E-state index contributed by atoms with van der Waals surface area (Å²) in [5.74, 6) is 0.0528. The van der Waals surface area contributed by atoms with Crippen LogP contribution in [0.1, 0.15) is 11.6 Å². The van der Waals surface area contributed by atoms with Gasteiger partial charge in [-0.3, -0.25) is 0 Å². The van der Waals surface area contributed by atoms with E-state index >= 15 is 0 Å². The monoisotopic (exact) mass is 168 g/mol. The number of nitrogen functional groups attached to an aromatic ring is 1. The first-order valence-corrected chi connectivity index (χ1v) is 3.66. The van der Waals surface area contributed by atoms with E-state index in [1.54, 1.807) is 0 Å². The van der Waals surface area contributed by atoms with Gasteiger partial charge >= 0.3 is 0 Å². The molecule has 0 saturated carbocycles. The molecule has 1 aliphatic heterocycles. The number of rotatable bonds is 0. The lowest BCUT2D eigenvalue weighted by molar-refractivity contribution is 0.332. The van der Waals surface area contributed by atoms with Gasteiger partial charge in [-0.25, -0.2) is 4.39 Å². The van der Waals surface area contributed by atoms with Crippen LogP contribution in [-0.2, 0) is 0 Å². The molecule has 0 aromatic heterocycles. The van der Waals surface area contributed by atoms with E-state index in [0.717, 1.165) is 5.56 Å². The molecule has 0 aliphatic carbocycles. The number of hydrogen-bond donors (Lipinski definition) is 2. The van der Waals surface area contributed by atoms with Crippen molar-refractivity contribution in [3.8, 4) is 5.75 Å². The van der Waals surface area contributed by atoms with Gasteiger partial charge < -0.3 is 16.2 Å². The fraction of sp³-hybridized carbons (Fsp3) is 0.250. The minimum Gasteiger partial charge on any atom is -0.491 e. The van der Waals surface area contributed by atoms with Gasteiger partial charge in [0.25, 0.3) is 0 Å². The molecule has 1 aliphatic rings. The Hall–Kier alpha value is -1.29. The molecule has 1 aromatic carbocycles. The predicted octanol–water partition coefficient (Wildman–Crippen LogP) is 0.800. The van der Waals surface area contributed by atoms with Crippen LogP contribution in [0, 0.1) is 5.82 Å². The second-order valence-electron chi connectivity index (χ2n) is 2.83. The lowest BCUT2D eigenvalue weighted by atomic mass is 10.1. The summed E-state index contributed by atoms with van der Waals surface area (Å²) in [6, 6.07) is 2.63. The summed E-state index contributed by atoms with van der Waals surface area (Å²) in [5.41, 5.74) is 11.9. The maximum Gasteiger partial charge on any atom is 0.149 e. The van der Waals surface area contributed by atoms with Crippen molar-refractivity contribution in [1.82, 2.24) is 0 Å². The van der Waals surface area contributed by atoms with Crippen molar-refractivity contribution in [1.29, 1.82) is 0 Å². The van der Waals surface area contributed by atoms with E-state index in [4.69, 9.17) is 16.2 Å². The first-order valence-electron chi connectivity index (χ1n) is 3.66. The Kier molecular flexibility index (Phi) is 1.44. The van der Waals surface area contributed by atoms with Gasteiger partial charge in [0.1, 0.15) is 18.2 Å². The number of ether oxygens (including phenoxy) is 1. The zero-order chi connectivity index (χ0) is 8.72. The van der Waals surface area contributed by atoms with Crippen molar-refractivity contribution >= 4 is 5.69 Å². The Balaban J connectivity index is 2.56. The van der Waals surface area contributed by atoms with Crippen LogP contribution >= 0.6 is 0 Å². The van der Waals surface area contributed by atoms with Gasteiger partial charge in [-0.05, 0) is 6.07 Å². The van der Waals surface area contributed by atoms with E-state index in [-0.39, 0.29) is 11.7 Å². The van der Waals surface area contributed by atoms with Crippen LogP contribution in [0.25, 0.3) is 0 Å². The molecule has 4 heteroatoms. The van der Waals surface area contributed by atoms with Gasteiger partial charge in [-0.15, -0.1) is 0 Å². The predicted molar refractivity (Wildman–Crippen MR) is 43.2 cm³/mol. The maximum atomic E-state index is 12.9. The Bertz CT molecular complexity index is 327. The molecule has 0 radical (unpaired) electrons. The highest BCUT2D eigenvalue weighted by Gasteiger charge is 2.22. The molecule has 12 heavy (non-hydrogen) atoms. The SMILES string of the molecule is Nc1cc2c(cc1F)OCC2N. The highest BCUT2D eigenvalue weighted by Crippen LogP contribution is 2.33. The molecule has 0 fully saturated rings. The molecule has 0 saturated heterocycles. The molecule has 64 valence electrons. The molecule has 1 heterocycles. The molecule has 1 unspecified atom stereocenters. The summed E-state index contributed by atoms with van der Waals surface area (Å²) in [6.07, 6.45) is 0. The van der Waals surface area contributed by atoms with Gasteiger partial charge in [0, 0.05) is 11.6 Å². The highest BCUT2D eigenvalue weighted by molar-refractivity contribution is 5.51. The van der Waals surface area contributed by atoms with Crippen LogP contribution in [-0.4, -0.2) is 6.61 Å². The molecule has 4 N–H and O–H groups in total. The van der Waals surface area contributed by atoms with E-state index in [0.29, 0.717) is 12.4 Å². The molecular formula is C8H9FN2O. The van der Waals surface area contributed by atoms with Crippen molar-refractivity contribution in [2.75, 3.05) is 12.3 Å². The first-order chi connectivity index (χ1) is 5.68. The minimum absolute atomic E-state index is 0.120. The summed E-state index contributed by atoms with van der Waals surface area (Å²) in [7, 11) is 0. The minimum atomic E-state index is -0.456. The molecule has 0 amide bonds. The van der Waals surface area contributed by atoms with Gasteiger partial charge in [0.15, 0.2) is 0 Å². The normalized spacial score (nSPS) is 20.3. The number of anilines is 1. The summed E-state index contributed by atoms with van der Waals surface area (Å²) in [4.78, 5) is 0. The third kappa shape index (κ3) is 0.921. The lowest BCUT2D eigenvalue weighted by Crippen LogP contribution is -2.10. The van der Waals surface area contributed by atoms with E-state index in [1.165, 1.54) is 12.1 Å². The number of hydrogen-bond acceptors (Lipinski definition) is 3. The average Bonchev–Trinajstić information content (AvgIpc) is 2.35. The molecule has 0 bridgehead atoms. The van der Waals surface area contributed by atoms with Crippen LogP contribution in [0.5, 0.6) is 5.75 Å². The molecule has 3 nitrogen and oxygen atoms in total. The standard InChI is InChI=1S/C8H9FN2O/c9-5-2-8-4(1-6(5)10)7(11)3-12-8/h1-2,7H,3,10-11H2. The smallest absolute Gasteiger partial charge is 0.149 e. The lowest BCUT2D eigenvalue weighted by Gasteiger charge is -2.02. The second-order valence-corrected chi connectivity index (χ2v) is 2.83. The largest absolute Gasteiger partial charge is 0.491 e. The fourth-order valence-electron chi connectivity index (χ4n) is 1.27. The van der Waals surface area contributed by atoms with Crippen LogP contribution in [0.2, 0.25) is 0 Å². The Morgan fingerprint density at radius 2 is 2.25 bits per heavy atom. The fourth-order valence-corrected chi connectivity index (χ4v) is 1.27. The van der Waals surface area contributed by atoms with E-state index in [1.807, 2.05) is 0 Å². The van der Waals surface area contributed by atoms with Gasteiger partial charge in [-0.2, -0.15) is 0 Å². The highest BCUT2D eigenvalue weighted by atomic mass is 19.1. The van der Waals surface area contributed by atoms with E-state index < -0.39 is 5.82 Å². The van der Waals surface area contributed by atoms with E-state index in [2.05, 4.69) is 0 Å². The summed E-state index contributed by atoms with van der Waals surface area (Å²) >= 11 is 0. The van der Waals surface area contributed by atoms with Crippen molar-refractivity contribution in [2.45, 2.75) is 6.04 Å². The number of nitrogens with two attached hydrogens (primary N) is 2. The molecular weight excluding hydrogens is 159 g/mol. The average molecular weight is 168 g/mol. The number of benzene rings is 1. The Morgan fingerprint density at radius 3 is 3.00 bits per heavy atom. The van der Waals surface area contributed by atoms with E-state index in [9.17, 15) is 4.39 Å². The molecule has 2 rings (SSSR count). The molecule has 1 atom stereocenters. The van der Waals surface area contributed by atoms with Crippen molar-refractivity contribution in [3.05, 3.63) is 23.5 Å². The Labute approximate surface area is 69.1 Å². The second kappa shape index (κ2) is 2.35. The van der Waals surface area contributed by atoms with Crippen molar-refractivity contribution < 1.29 is 9.13 Å². The first kappa shape index (κ1) is 7.36. The zero-order valence-corrected chi connectivity index (χ0v) is 6.38. The van der Waals surface area contributed by atoms with Gasteiger partial charge in [0.05, 0.1) is 11.7 Å². The third-order valence-corrected chi connectivity index (χ3v) is 1.95.